The van der Waals surface area contributed by atoms with Crippen molar-refractivity contribution in [2.24, 2.45) is 5.92 Å². The Bertz CT molecular complexity index is 235. The Kier molecular flexibility index (Phi) is 3.18. The van der Waals surface area contributed by atoms with Crippen molar-refractivity contribution in [1.29, 1.82) is 0 Å². The van der Waals surface area contributed by atoms with Crippen LogP contribution < -0.4 is 5.32 Å². The van der Waals surface area contributed by atoms with Crippen LogP contribution in [0.25, 0.3) is 0 Å². The fraction of sp³-hybridized carbons (Fsp3) is 1.00. The minimum absolute atomic E-state index is 0.790. The highest BCUT2D eigenvalue weighted by Gasteiger charge is 2.32. The van der Waals surface area contributed by atoms with Gasteiger partial charge in [-0.1, -0.05) is 6.92 Å². The molecule has 4 fully saturated rings. The summed E-state index contributed by atoms with van der Waals surface area (Å²) in [4.78, 5) is 5.31. The summed E-state index contributed by atoms with van der Waals surface area (Å²) in [5.74, 6) is 0.948. The zero-order chi connectivity index (χ0) is 11.0. The smallest absolute Gasteiger partial charge is 0.0349 e. The Morgan fingerprint density at radius 2 is 1.94 bits per heavy atom. The number of nitrogens with zero attached hydrogens (tertiary/aromatic N) is 2. The largest absolute Gasteiger partial charge is 0.312 e. The van der Waals surface area contributed by atoms with E-state index in [2.05, 4.69) is 22.0 Å². The third kappa shape index (κ3) is 2.27. The molecule has 3 atom stereocenters. The first-order chi connectivity index (χ1) is 7.81. The van der Waals surface area contributed by atoms with E-state index in [4.69, 9.17) is 0 Å². The van der Waals surface area contributed by atoms with Gasteiger partial charge in [-0.05, 0) is 25.2 Å². The molecular weight excluding hydrogens is 198 g/mol. The Hall–Kier alpha value is -0.120. The molecule has 3 aliphatic heterocycles. The van der Waals surface area contributed by atoms with Crippen molar-refractivity contribution in [2.75, 3.05) is 39.3 Å². The second kappa shape index (κ2) is 4.63. The maximum Gasteiger partial charge on any atom is 0.0349 e. The first-order valence-corrected chi connectivity index (χ1v) is 7.01. The number of nitrogens with one attached hydrogen (secondary N) is 1. The van der Waals surface area contributed by atoms with Gasteiger partial charge in [0.15, 0.2) is 0 Å². The molecule has 4 aliphatic rings. The van der Waals surface area contributed by atoms with Gasteiger partial charge in [-0.3, -0.25) is 9.80 Å². The van der Waals surface area contributed by atoms with Gasteiger partial charge in [0.05, 0.1) is 0 Å². The van der Waals surface area contributed by atoms with Crippen LogP contribution in [0, 0.1) is 5.92 Å². The van der Waals surface area contributed by atoms with Crippen LogP contribution in [0.3, 0.4) is 0 Å². The fourth-order valence-electron chi connectivity index (χ4n) is 3.61. The van der Waals surface area contributed by atoms with Gasteiger partial charge in [0, 0.05) is 51.4 Å². The predicted molar refractivity (Wildman–Crippen MR) is 66.6 cm³/mol. The zero-order valence-corrected chi connectivity index (χ0v) is 10.5. The molecule has 2 bridgehead atoms. The molecule has 0 aromatic heterocycles. The highest BCUT2D eigenvalue weighted by atomic mass is 15.3. The maximum absolute atomic E-state index is 3.80. The molecule has 3 heterocycles. The minimum atomic E-state index is 0.790. The topological polar surface area (TPSA) is 18.5 Å². The summed E-state index contributed by atoms with van der Waals surface area (Å²) < 4.78 is 0. The number of hydrogen-bond acceptors (Lipinski definition) is 3. The Balaban J connectivity index is 1.45. The van der Waals surface area contributed by atoms with Crippen LogP contribution in [-0.2, 0) is 0 Å². The summed E-state index contributed by atoms with van der Waals surface area (Å²) in [6.07, 6.45) is 4.23. The van der Waals surface area contributed by atoms with Crippen LogP contribution in [0.4, 0.5) is 0 Å². The standard InChI is InChI=1S/C13H25N3/c1-11-2-3-12(8-11)14-9-13-10-15-4-6-16(13)7-5-15/h11-14H,2-10H2,1H3. The van der Waals surface area contributed by atoms with Crippen molar-refractivity contribution < 1.29 is 0 Å². The molecule has 3 saturated heterocycles. The van der Waals surface area contributed by atoms with Crippen molar-refractivity contribution in [3.8, 4) is 0 Å². The van der Waals surface area contributed by atoms with Gasteiger partial charge in [-0.15, -0.1) is 0 Å². The molecule has 3 heteroatoms. The van der Waals surface area contributed by atoms with Crippen molar-refractivity contribution in [2.45, 2.75) is 38.3 Å². The van der Waals surface area contributed by atoms with E-state index in [0.29, 0.717) is 0 Å². The highest BCUT2D eigenvalue weighted by Crippen LogP contribution is 2.25. The van der Waals surface area contributed by atoms with E-state index in [0.717, 1.165) is 18.0 Å². The molecule has 0 radical (unpaired) electrons. The van der Waals surface area contributed by atoms with E-state index in [-0.39, 0.29) is 0 Å². The molecule has 3 unspecified atom stereocenters. The van der Waals surface area contributed by atoms with E-state index in [1.807, 2.05) is 0 Å². The van der Waals surface area contributed by atoms with Gasteiger partial charge in [-0.25, -0.2) is 0 Å². The average molecular weight is 223 g/mol. The van der Waals surface area contributed by atoms with Crippen LogP contribution in [0.2, 0.25) is 0 Å². The van der Waals surface area contributed by atoms with Crippen LogP contribution in [0.5, 0.6) is 0 Å². The summed E-state index contributed by atoms with van der Waals surface area (Å²) in [7, 11) is 0. The predicted octanol–water partition coefficient (Wildman–Crippen LogP) is 0.764. The summed E-state index contributed by atoms with van der Waals surface area (Å²) in [6, 6.07) is 1.60. The van der Waals surface area contributed by atoms with Gasteiger partial charge in [-0.2, -0.15) is 0 Å². The lowest BCUT2D eigenvalue weighted by Crippen LogP contribution is -2.63. The number of fused-ring (bicyclic) bond motifs is 3. The lowest BCUT2D eigenvalue weighted by Gasteiger charge is -2.47. The van der Waals surface area contributed by atoms with E-state index in [1.54, 1.807) is 0 Å². The van der Waals surface area contributed by atoms with Crippen molar-refractivity contribution in [1.82, 2.24) is 15.1 Å². The van der Waals surface area contributed by atoms with E-state index in [9.17, 15) is 0 Å². The molecule has 0 aromatic carbocycles. The van der Waals surface area contributed by atoms with Crippen molar-refractivity contribution in [3.05, 3.63) is 0 Å². The van der Waals surface area contributed by atoms with E-state index in [1.165, 1.54) is 58.5 Å². The second-order valence-corrected chi connectivity index (χ2v) is 6.01. The van der Waals surface area contributed by atoms with Gasteiger partial charge < -0.3 is 5.32 Å². The number of hydrogen-bond donors (Lipinski definition) is 1. The average Bonchev–Trinajstić information content (AvgIpc) is 2.74. The second-order valence-electron chi connectivity index (χ2n) is 6.01. The minimum Gasteiger partial charge on any atom is -0.312 e. The Morgan fingerprint density at radius 1 is 1.12 bits per heavy atom. The molecule has 4 rings (SSSR count). The van der Waals surface area contributed by atoms with Crippen molar-refractivity contribution in [3.63, 3.8) is 0 Å². The maximum atomic E-state index is 3.80. The van der Waals surface area contributed by atoms with Gasteiger partial charge in [0.25, 0.3) is 0 Å². The molecule has 0 amide bonds. The molecular formula is C13H25N3. The first-order valence-electron chi connectivity index (χ1n) is 7.01. The van der Waals surface area contributed by atoms with Crippen LogP contribution >= 0.6 is 0 Å². The van der Waals surface area contributed by atoms with Crippen LogP contribution in [0.1, 0.15) is 26.2 Å². The SMILES string of the molecule is CC1CCC(NCC2CN3CCN2CC3)C1. The van der Waals surface area contributed by atoms with Crippen LogP contribution in [0.15, 0.2) is 0 Å². The quantitative estimate of drug-likeness (QED) is 0.762. The first kappa shape index (κ1) is 11.0. The Morgan fingerprint density at radius 3 is 2.50 bits per heavy atom. The lowest BCUT2D eigenvalue weighted by molar-refractivity contribution is 0.0127. The highest BCUT2D eigenvalue weighted by molar-refractivity contribution is 4.90. The fourth-order valence-corrected chi connectivity index (χ4v) is 3.61. The van der Waals surface area contributed by atoms with E-state index < -0.39 is 0 Å². The molecule has 92 valence electrons. The third-order valence-corrected chi connectivity index (χ3v) is 4.73. The summed E-state index contributed by atoms with van der Waals surface area (Å²) >= 11 is 0. The zero-order valence-electron chi connectivity index (χ0n) is 10.5. The van der Waals surface area contributed by atoms with Gasteiger partial charge in [0.1, 0.15) is 0 Å². The number of rotatable bonds is 3. The summed E-state index contributed by atoms with van der Waals surface area (Å²) in [5.41, 5.74) is 0. The number of piperazine rings is 3. The van der Waals surface area contributed by atoms with E-state index >= 15 is 0 Å². The Labute approximate surface area is 99.2 Å². The van der Waals surface area contributed by atoms with Crippen molar-refractivity contribution >= 4 is 0 Å². The molecule has 1 N–H and O–H groups in total. The molecule has 1 aliphatic carbocycles. The lowest BCUT2D eigenvalue weighted by atomic mass is 10.1. The molecule has 1 saturated carbocycles. The van der Waals surface area contributed by atoms with Gasteiger partial charge in [0.2, 0.25) is 0 Å². The normalized spacial score (nSPS) is 47.4. The van der Waals surface area contributed by atoms with Gasteiger partial charge >= 0.3 is 0 Å². The monoisotopic (exact) mass is 223 g/mol. The molecule has 16 heavy (non-hydrogen) atoms. The molecule has 3 nitrogen and oxygen atoms in total. The molecule has 0 spiro atoms. The summed E-state index contributed by atoms with van der Waals surface area (Å²) in [6.45, 7) is 10.1. The van der Waals surface area contributed by atoms with Crippen LogP contribution in [-0.4, -0.2) is 61.2 Å². The summed E-state index contributed by atoms with van der Waals surface area (Å²) in [5, 5.41) is 3.80. The molecule has 0 aromatic rings. The third-order valence-electron chi connectivity index (χ3n) is 4.73.